The van der Waals surface area contributed by atoms with Gasteiger partial charge in [-0.2, -0.15) is 0 Å². The lowest BCUT2D eigenvalue weighted by molar-refractivity contribution is -0.0260. The highest BCUT2D eigenvalue weighted by molar-refractivity contribution is 5.23. The van der Waals surface area contributed by atoms with Crippen molar-refractivity contribution in [3.63, 3.8) is 0 Å². The van der Waals surface area contributed by atoms with Crippen LogP contribution in [0.25, 0.3) is 0 Å². The minimum Gasteiger partial charge on any atom is -0.371 e. The zero-order valence-electron chi connectivity index (χ0n) is 9.86. The van der Waals surface area contributed by atoms with E-state index in [1.807, 2.05) is 6.08 Å². The third kappa shape index (κ3) is 2.71. The molecule has 86 valence electrons. The number of rotatable bonds is 3. The van der Waals surface area contributed by atoms with Crippen molar-refractivity contribution in [3.05, 3.63) is 48.0 Å². The van der Waals surface area contributed by atoms with Crippen LogP contribution in [0.5, 0.6) is 0 Å². The van der Waals surface area contributed by atoms with Gasteiger partial charge in [-0.3, -0.25) is 4.90 Å². The van der Waals surface area contributed by atoms with E-state index in [9.17, 15) is 0 Å². The summed E-state index contributed by atoms with van der Waals surface area (Å²) in [5.41, 5.74) is 2.57. The van der Waals surface area contributed by atoms with Crippen LogP contribution in [0.2, 0.25) is 0 Å². The smallest absolute Gasteiger partial charge is 0.0952 e. The maximum Gasteiger partial charge on any atom is 0.0952 e. The average molecular weight is 217 g/mol. The Morgan fingerprint density at radius 1 is 1.44 bits per heavy atom. The lowest BCUT2D eigenvalue weighted by Crippen LogP contribution is -2.38. The molecule has 0 bridgehead atoms. The lowest BCUT2D eigenvalue weighted by Gasteiger charge is -2.32. The Labute approximate surface area is 97.5 Å². The topological polar surface area (TPSA) is 12.5 Å². The summed E-state index contributed by atoms with van der Waals surface area (Å²) in [6.07, 6.45) is 2.17. The van der Waals surface area contributed by atoms with Crippen molar-refractivity contribution in [3.8, 4) is 0 Å². The highest BCUT2D eigenvalue weighted by Crippen LogP contribution is 2.22. The van der Waals surface area contributed by atoms with E-state index in [1.54, 1.807) is 0 Å². The zero-order chi connectivity index (χ0) is 11.4. The van der Waals surface area contributed by atoms with Crippen LogP contribution in [0.1, 0.15) is 17.2 Å². The number of nitrogens with zero attached hydrogens (tertiary/aromatic N) is 1. The molecule has 1 unspecified atom stereocenters. The Morgan fingerprint density at radius 2 is 2.19 bits per heavy atom. The number of ether oxygens (including phenoxy) is 1. The number of benzene rings is 1. The fourth-order valence-electron chi connectivity index (χ4n) is 2.03. The molecular formula is C14H19NO. The van der Waals surface area contributed by atoms with Crippen molar-refractivity contribution >= 4 is 0 Å². The monoisotopic (exact) mass is 217 g/mol. The molecule has 0 aliphatic carbocycles. The first-order chi connectivity index (χ1) is 7.79. The van der Waals surface area contributed by atoms with E-state index in [0.29, 0.717) is 0 Å². The van der Waals surface area contributed by atoms with Crippen LogP contribution >= 0.6 is 0 Å². The number of hydrogen-bond donors (Lipinski definition) is 0. The molecule has 1 aromatic carbocycles. The Kier molecular flexibility index (Phi) is 3.75. The predicted octanol–water partition coefficient (Wildman–Crippen LogP) is 2.55. The lowest BCUT2D eigenvalue weighted by atomic mass is 10.1. The first-order valence-corrected chi connectivity index (χ1v) is 5.81. The standard InChI is InChI=1S/C14H19NO/c1-3-8-15-9-10-16-14(11-15)13-6-4-12(2)5-7-13/h3-7,14H,1,8-11H2,2H3. The van der Waals surface area contributed by atoms with Gasteiger partial charge in [0, 0.05) is 19.6 Å². The van der Waals surface area contributed by atoms with E-state index in [4.69, 9.17) is 4.74 Å². The minimum atomic E-state index is 0.217. The van der Waals surface area contributed by atoms with Gasteiger partial charge in [0.25, 0.3) is 0 Å². The van der Waals surface area contributed by atoms with E-state index < -0.39 is 0 Å². The fourth-order valence-corrected chi connectivity index (χ4v) is 2.03. The molecule has 1 aliphatic rings. The van der Waals surface area contributed by atoms with E-state index in [2.05, 4.69) is 42.7 Å². The average Bonchev–Trinajstić information content (AvgIpc) is 2.31. The molecule has 2 heteroatoms. The quantitative estimate of drug-likeness (QED) is 0.721. The Morgan fingerprint density at radius 3 is 2.88 bits per heavy atom. The van der Waals surface area contributed by atoms with Crippen molar-refractivity contribution in [1.29, 1.82) is 0 Å². The van der Waals surface area contributed by atoms with E-state index in [0.717, 1.165) is 26.2 Å². The predicted molar refractivity (Wildman–Crippen MR) is 66.5 cm³/mol. The molecule has 1 fully saturated rings. The van der Waals surface area contributed by atoms with Crippen molar-refractivity contribution in [1.82, 2.24) is 4.90 Å². The maximum atomic E-state index is 5.80. The van der Waals surface area contributed by atoms with Crippen LogP contribution in [0.3, 0.4) is 0 Å². The number of hydrogen-bond acceptors (Lipinski definition) is 2. The number of aryl methyl sites for hydroxylation is 1. The van der Waals surface area contributed by atoms with Gasteiger partial charge in [-0.05, 0) is 12.5 Å². The van der Waals surface area contributed by atoms with Gasteiger partial charge in [0.1, 0.15) is 0 Å². The second kappa shape index (κ2) is 5.28. The van der Waals surface area contributed by atoms with Crippen LogP contribution in [0, 0.1) is 6.92 Å². The van der Waals surface area contributed by atoms with Crippen LogP contribution in [-0.2, 0) is 4.74 Å². The van der Waals surface area contributed by atoms with Crippen LogP contribution in [-0.4, -0.2) is 31.1 Å². The van der Waals surface area contributed by atoms with Gasteiger partial charge >= 0.3 is 0 Å². The second-order valence-electron chi connectivity index (χ2n) is 4.32. The van der Waals surface area contributed by atoms with Gasteiger partial charge in [-0.15, -0.1) is 6.58 Å². The summed E-state index contributed by atoms with van der Waals surface area (Å²) in [5, 5.41) is 0. The van der Waals surface area contributed by atoms with Gasteiger partial charge in [-0.1, -0.05) is 35.9 Å². The molecule has 0 amide bonds. The molecule has 0 aromatic heterocycles. The molecule has 0 radical (unpaired) electrons. The molecule has 0 N–H and O–H groups in total. The normalized spacial score (nSPS) is 21.9. The molecule has 1 aliphatic heterocycles. The van der Waals surface area contributed by atoms with Gasteiger partial charge in [0.15, 0.2) is 0 Å². The molecule has 0 spiro atoms. The van der Waals surface area contributed by atoms with E-state index in [-0.39, 0.29) is 6.10 Å². The first kappa shape index (κ1) is 11.4. The van der Waals surface area contributed by atoms with Crippen LogP contribution in [0.4, 0.5) is 0 Å². The minimum absolute atomic E-state index is 0.217. The molecule has 1 heterocycles. The first-order valence-electron chi connectivity index (χ1n) is 5.81. The summed E-state index contributed by atoms with van der Waals surface area (Å²) < 4.78 is 5.80. The van der Waals surface area contributed by atoms with Crippen LogP contribution < -0.4 is 0 Å². The fraction of sp³-hybridized carbons (Fsp3) is 0.429. The highest BCUT2D eigenvalue weighted by atomic mass is 16.5. The van der Waals surface area contributed by atoms with Crippen molar-refractivity contribution in [2.24, 2.45) is 0 Å². The highest BCUT2D eigenvalue weighted by Gasteiger charge is 2.20. The second-order valence-corrected chi connectivity index (χ2v) is 4.32. The molecule has 2 nitrogen and oxygen atoms in total. The summed E-state index contributed by atoms with van der Waals surface area (Å²) in [5.74, 6) is 0. The summed E-state index contributed by atoms with van der Waals surface area (Å²) in [4.78, 5) is 2.38. The third-order valence-corrected chi connectivity index (χ3v) is 2.99. The zero-order valence-corrected chi connectivity index (χ0v) is 9.86. The third-order valence-electron chi connectivity index (χ3n) is 2.99. The number of morpholine rings is 1. The van der Waals surface area contributed by atoms with Crippen molar-refractivity contribution < 1.29 is 4.74 Å². The Hall–Kier alpha value is -1.12. The Bertz CT molecular complexity index is 344. The van der Waals surface area contributed by atoms with Gasteiger partial charge in [0.2, 0.25) is 0 Å². The SMILES string of the molecule is C=CCN1CCOC(c2ccc(C)cc2)C1. The van der Waals surface area contributed by atoms with E-state index in [1.165, 1.54) is 11.1 Å². The summed E-state index contributed by atoms with van der Waals surface area (Å²) in [7, 11) is 0. The van der Waals surface area contributed by atoms with Gasteiger partial charge < -0.3 is 4.74 Å². The molecule has 16 heavy (non-hydrogen) atoms. The largest absolute Gasteiger partial charge is 0.371 e. The van der Waals surface area contributed by atoms with Crippen molar-refractivity contribution in [2.75, 3.05) is 26.2 Å². The molecule has 2 rings (SSSR count). The Balaban J connectivity index is 2.03. The van der Waals surface area contributed by atoms with Crippen molar-refractivity contribution in [2.45, 2.75) is 13.0 Å². The molecular weight excluding hydrogens is 198 g/mol. The maximum absolute atomic E-state index is 5.80. The molecule has 0 saturated carbocycles. The van der Waals surface area contributed by atoms with E-state index >= 15 is 0 Å². The summed E-state index contributed by atoms with van der Waals surface area (Å²) in [6, 6.07) is 8.62. The molecule has 1 saturated heterocycles. The van der Waals surface area contributed by atoms with Crippen LogP contribution in [0.15, 0.2) is 36.9 Å². The van der Waals surface area contributed by atoms with Gasteiger partial charge in [-0.25, -0.2) is 0 Å². The summed E-state index contributed by atoms with van der Waals surface area (Å²) >= 11 is 0. The molecule has 1 atom stereocenters. The summed E-state index contributed by atoms with van der Waals surface area (Å²) in [6.45, 7) is 9.63. The molecule has 1 aromatic rings. The van der Waals surface area contributed by atoms with Gasteiger partial charge in [0.05, 0.1) is 12.7 Å².